The Morgan fingerprint density at radius 1 is 1.18 bits per heavy atom. The molecule has 2 aromatic heterocycles. The van der Waals surface area contributed by atoms with Gasteiger partial charge < -0.3 is 14.7 Å². The van der Waals surface area contributed by atoms with Gasteiger partial charge in [-0.25, -0.2) is 4.79 Å². The molecule has 4 rings (SSSR count). The summed E-state index contributed by atoms with van der Waals surface area (Å²) < 4.78 is 7.07. The molecule has 1 saturated heterocycles. The Morgan fingerprint density at radius 3 is 2.58 bits per heavy atom. The lowest BCUT2D eigenvalue weighted by Gasteiger charge is -2.29. The van der Waals surface area contributed by atoms with E-state index in [9.17, 15) is 14.4 Å². The zero-order chi connectivity index (χ0) is 23.5. The van der Waals surface area contributed by atoms with Gasteiger partial charge in [0.2, 0.25) is 5.82 Å². The monoisotopic (exact) mass is 453 g/mol. The average Bonchev–Trinajstić information content (AvgIpc) is 3.30. The number of nitrogens with one attached hydrogen (secondary N) is 1. The molecule has 3 heterocycles. The van der Waals surface area contributed by atoms with Gasteiger partial charge in [-0.05, 0) is 50.9 Å². The van der Waals surface area contributed by atoms with Crippen LogP contribution in [0.25, 0.3) is 17.2 Å². The number of nitrogens with zero attached hydrogens (tertiary/aromatic N) is 6. The minimum Gasteiger partial charge on any atom is -0.347 e. The van der Waals surface area contributed by atoms with E-state index in [1.807, 2.05) is 19.1 Å². The molecule has 11 nitrogen and oxygen atoms in total. The summed E-state index contributed by atoms with van der Waals surface area (Å²) >= 11 is 0. The second-order valence-corrected chi connectivity index (χ2v) is 8.45. The number of rotatable bonds is 6. The van der Waals surface area contributed by atoms with Crippen molar-refractivity contribution in [2.45, 2.75) is 26.7 Å². The third-order valence-electron chi connectivity index (χ3n) is 5.88. The maximum atomic E-state index is 12.6. The largest absolute Gasteiger partial charge is 0.351 e. The fraction of sp³-hybridized carbons (Fsp3) is 0.455. The summed E-state index contributed by atoms with van der Waals surface area (Å²) in [7, 11) is 1.34. The number of hydrogen-bond donors (Lipinski definition) is 1. The maximum absolute atomic E-state index is 12.6. The molecule has 1 fully saturated rings. The minimum atomic E-state index is -0.685. The molecule has 11 heteroatoms. The Hall–Kier alpha value is -3.60. The van der Waals surface area contributed by atoms with Gasteiger partial charge in [-0.2, -0.15) is 14.8 Å². The molecule has 0 bridgehead atoms. The van der Waals surface area contributed by atoms with Gasteiger partial charge in [-0.3, -0.25) is 14.2 Å². The van der Waals surface area contributed by atoms with Crippen molar-refractivity contribution in [3.8, 4) is 17.2 Å². The lowest BCUT2D eigenvalue weighted by atomic mass is 9.99. The molecule has 0 radical (unpaired) electrons. The first-order valence-corrected chi connectivity index (χ1v) is 11.0. The fourth-order valence-corrected chi connectivity index (χ4v) is 3.67. The molecule has 0 aliphatic carbocycles. The summed E-state index contributed by atoms with van der Waals surface area (Å²) in [5.74, 6) is -0.210. The number of likely N-dealkylation sites (tertiary alicyclic amines) is 1. The highest BCUT2D eigenvalue weighted by Gasteiger charge is 2.22. The molecule has 1 aliphatic rings. The van der Waals surface area contributed by atoms with Crippen molar-refractivity contribution >= 4 is 5.91 Å². The van der Waals surface area contributed by atoms with Gasteiger partial charge in [0.15, 0.2) is 5.69 Å². The van der Waals surface area contributed by atoms with E-state index < -0.39 is 17.2 Å². The maximum Gasteiger partial charge on any atom is 0.351 e. The number of carbonyl (C=O) groups excluding carboxylic acids is 1. The average molecular weight is 454 g/mol. The second kappa shape index (κ2) is 9.49. The molecule has 0 saturated carbocycles. The Bertz CT molecular complexity index is 1250. The van der Waals surface area contributed by atoms with Crippen LogP contribution in [0.15, 0.2) is 38.4 Å². The van der Waals surface area contributed by atoms with E-state index in [0.29, 0.717) is 12.2 Å². The van der Waals surface area contributed by atoms with Crippen LogP contribution in [0.3, 0.4) is 0 Å². The van der Waals surface area contributed by atoms with Crippen LogP contribution in [0.1, 0.15) is 36.0 Å². The van der Waals surface area contributed by atoms with Crippen molar-refractivity contribution in [3.05, 3.63) is 56.6 Å². The Kier molecular flexibility index (Phi) is 6.50. The van der Waals surface area contributed by atoms with Gasteiger partial charge >= 0.3 is 17.5 Å². The van der Waals surface area contributed by atoms with Crippen molar-refractivity contribution in [1.29, 1.82) is 0 Å². The van der Waals surface area contributed by atoms with Crippen LogP contribution >= 0.6 is 0 Å². The lowest BCUT2D eigenvalue weighted by molar-refractivity contribution is 0.0901. The summed E-state index contributed by atoms with van der Waals surface area (Å²) in [6.07, 6.45) is 2.32. The fourth-order valence-electron chi connectivity index (χ4n) is 3.67. The van der Waals surface area contributed by atoms with Crippen LogP contribution in [0.2, 0.25) is 0 Å². The number of aryl methyl sites for hydroxylation is 1. The van der Waals surface area contributed by atoms with Gasteiger partial charge in [-0.1, -0.05) is 29.8 Å². The van der Waals surface area contributed by atoms with E-state index in [-0.39, 0.29) is 17.4 Å². The van der Waals surface area contributed by atoms with E-state index in [1.54, 1.807) is 12.1 Å². The smallest absolute Gasteiger partial charge is 0.347 e. The molecular weight excluding hydrogens is 426 g/mol. The first-order valence-electron chi connectivity index (χ1n) is 11.0. The molecule has 1 aliphatic heterocycles. The first kappa shape index (κ1) is 22.6. The van der Waals surface area contributed by atoms with E-state index >= 15 is 0 Å². The van der Waals surface area contributed by atoms with E-state index in [0.717, 1.165) is 53.2 Å². The van der Waals surface area contributed by atoms with Crippen LogP contribution < -0.4 is 16.6 Å². The normalized spacial score (nSPS) is 15.0. The third kappa shape index (κ3) is 4.92. The quantitative estimate of drug-likeness (QED) is 0.579. The van der Waals surface area contributed by atoms with Crippen molar-refractivity contribution in [1.82, 2.24) is 34.7 Å². The Labute approximate surface area is 190 Å². The summed E-state index contributed by atoms with van der Waals surface area (Å²) in [6.45, 7) is 7.40. The van der Waals surface area contributed by atoms with Gasteiger partial charge in [0.25, 0.3) is 5.56 Å². The molecule has 0 atom stereocenters. The van der Waals surface area contributed by atoms with Crippen molar-refractivity contribution in [2.75, 3.05) is 26.2 Å². The molecule has 0 unspecified atom stereocenters. The van der Waals surface area contributed by atoms with Crippen LogP contribution in [0, 0.1) is 12.8 Å². The molecule has 0 spiro atoms. The Morgan fingerprint density at radius 2 is 1.88 bits per heavy atom. The van der Waals surface area contributed by atoms with Gasteiger partial charge in [0, 0.05) is 20.1 Å². The predicted octanol–water partition coefficient (Wildman–Crippen LogP) is 0.751. The Balaban J connectivity index is 1.50. The van der Waals surface area contributed by atoms with Crippen molar-refractivity contribution < 1.29 is 9.32 Å². The lowest BCUT2D eigenvalue weighted by Crippen LogP contribution is -2.40. The highest BCUT2D eigenvalue weighted by molar-refractivity contribution is 5.89. The van der Waals surface area contributed by atoms with Gasteiger partial charge in [0.1, 0.15) is 0 Å². The second-order valence-electron chi connectivity index (χ2n) is 8.45. The van der Waals surface area contributed by atoms with Crippen LogP contribution in [0.4, 0.5) is 0 Å². The third-order valence-corrected chi connectivity index (χ3v) is 5.88. The van der Waals surface area contributed by atoms with Crippen LogP contribution in [-0.2, 0) is 7.05 Å². The number of benzene rings is 1. The standard InChI is InChI=1S/C22H27N7O4/c1-14-4-6-16(7-5-14)29-22(32)27(3)21(31)17(25-29)18-24-20(33-26-18)19(30)23-10-13-28-11-8-15(2)9-12-28/h4-7,15H,8-13H2,1-3H3,(H,23,30). The molecule has 1 N–H and O–H groups in total. The first-order chi connectivity index (χ1) is 15.8. The molecule has 1 amide bonds. The molecule has 174 valence electrons. The summed E-state index contributed by atoms with van der Waals surface area (Å²) in [6, 6.07) is 7.09. The highest BCUT2D eigenvalue weighted by atomic mass is 16.5. The molecule has 33 heavy (non-hydrogen) atoms. The van der Waals surface area contributed by atoms with Gasteiger partial charge in [-0.15, -0.1) is 0 Å². The van der Waals surface area contributed by atoms with Crippen molar-refractivity contribution in [3.63, 3.8) is 0 Å². The number of aromatic nitrogens is 5. The molecule has 1 aromatic carbocycles. The van der Waals surface area contributed by atoms with Gasteiger partial charge in [0.05, 0.1) is 5.69 Å². The van der Waals surface area contributed by atoms with Crippen molar-refractivity contribution in [2.24, 2.45) is 13.0 Å². The zero-order valence-corrected chi connectivity index (χ0v) is 18.9. The number of hydrogen-bond acceptors (Lipinski definition) is 8. The number of amides is 1. The topological polar surface area (TPSA) is 128 Å². The summed E-state index contributed by atoms with van der Waals surface area (Å²) in [4.78, 5) is 44.0. The van der Waals surface area contributed by atoms with Crippen LogP contribution in [0.5, 0.6) is 0 Å². The minimum absolute atomic E-state index is 0.161. The van der Waals surface area contributed by atoms with Crippen LogP contribution in [-0.4, -0.2) is 61.5 Å². The predicted molar refractivity (Wildman–Crippen MR) is 120 cm³/mol. The molecule has 3 aromatic rings. The summed E-state index contributed by atoms with van der Waals surface area (Å²) in [5.41, 5.74) is 0.0102. The van der Waals surface area contributed by atoms with E-state index in [4.69, 9.17) is 4.52 Å². The number of carbonyl (C=O) groups is 1. The van der Waals surface area contributed by atoms with E-state index in [2.05, 4.69) is 32.4 Å². The van der Waals surface area contributed by atoms with E-state index in [1.165, 1.54) is 7.05 Å². The molecular formula is C22H27N7O4. The number of piperidine rings is 1. The highest BCUT2D eigenvalue weighted by Crippen LogP contribution is 2.15. The summed E-state index contributed by atoms with van der Waals surface area (Å²) in [5, 5.41) is 10.7. The SMILES string of the molecule is Cc1ccc(-n2nc(-c3noc(C(=O)NCCN4CCC(C)CC4)n3)c(=O)n(C)c2=O)cc1. The zero-order valence-electron chi connectivity index (χ0n) is 18.9.